The Morgan fingerprint density at radius 1 is 1.14 bits per heavy atom. The van der Waals surface area contributed by atoms with Crippen molar-refractivity contribution < 1.29 is 17.9 Å². The van der Waals surface area contributed by atoms with Crippen LogP contribution in [0.2, 0.25) is 0 Å². The second kappa shape index (κ2) is 9.03. The lowest BCUT2D eigenvalue weighted by molar-refractivity contribution is -0.138. The van der Waals surface area contributed by atoms with Crippen LogP contribution >= 0.6 is 0 Å². The van der Waals surface area contributed by atoms with Gasteiger partial charge in [0.2, 0.25) is 0 Å². The normalized spacial score (nSPS) is 13.7. The summed E-state index contributed by atoms with van der Waals surface area (Å²) in [7, 11) is 0. The van der Waals surface area contributed by atoms with Crippen molar-refractivity contribution in [1.29, 1.82) is 0 Å². The fraction of sp³-hybridized carbons (Fsp3) is 0.318. The molecule has 0 aliphatic heterocycles. The highest BCUT2D eigenvalue weighted by Crippen LogP contribution is 2.38. The molecule has 3 aromatic rings. The minimum Gasteiger partial charge on any atom is -0.493 e. The van der Waals surface area contributed by atoms with E-state index in [1.807, 2.05) is 12.1 Å². The Balaban J connectivity index is 1.91. The van der Waals surface area contributed by atoms with Crippen LogP contribution in [0.15, 0.2) is 60.9 Å². The lowest BCUT2D eigenvalue weighted by atomic mass is 9.95. The minimum atomic E-state index is -4.46. The van der Waals surface area contributed by atoms with E-state index >= 15 is 0 Å². The molecule has 0 fully saturated rings. The number of hydrogen-bond acceptors (Lipinski definition) is 3. The molecule has 3 rings (SSSR count). The van der Waals surface area contributed by atoms with Crippen LogP contribution in [0, 0.1) is 5.92 Å². The Morgan fingerprint density at radius 3 is 2.62 bits per heavy atom. The van der Waals surface area contributed by atoms with Gasteiger partial charge in [-0.3, -0.25) is 5.10 Å². The molecule has 154 valence electrons. The van der Waals surface area contributed by atoms with E-state index in [9.17, 15) is 13.2 Å². The second-order valence-corrected chi connectivity index (χ2v) is 7.05. The summed E-state index contributed by atoms with van der Waals surface area (Å²) in [5.41, 5.74) is 0.720. The maximum Gasteiger partial charge on any atom is 0.416 e. The van der Waals surface area contributed by atoms with Gasteiger partial charge >= 0.3 is 6.18 Å². The summed E-state index contributed by atoms with van der Waals surface area (Å²) in [5, 5.41) is 9.80. The molecule has 7 heteroatoms. The van der Waals surface area contributed by atoms with Crippen molar-refractivity contribution in [3.8, 4) is 5.75 Å². The SMILES string of the molecule is CCC(C)COc1cccc(NC(c2cn[nH]c2)c2ccccc2C(F)(F)F)c1. The summed E-state index contributed by atoms with van der Waals surface area (Å²) in [4.78, 5) is 0. The molecule has 0 amide bonds. The van der Waals surface area contributed by atoms with Crippen LogP contribution in [0.25, 0.3) is 0 Å². The molecule has 2 aromatic carbocycles. The molecule has 1 aromatic heterocycles. The number of ether oxygens (including phenoxy) is 1. The Hall–Kier alpha value is -2.96. The van der Waals surface area contributed by atoms with Crippen molar-refractivity contribution in [2.45, 2.75) is 32.5 Å². The van der Waals surface area contributed by atoms with Crippen molar-refractivity contribution in [2.75, 3.05) is 11.9 Å². The van der Waals surface area contributed by atoms with E-state index in [-0.39, 0.29) is 5.56 Å². The van der Waals surface area contributed by atoms with Crippen LogP contribution in [-0.2, 0) is 6.18 Å². The molecule has 0 aliphatic carbocycles. The number of aromatic amines is 1. The molecule has 0 bridgehead atoms. The van der Waals surface area contributed by atoms with Gasteiger partial charge in [-0.2, -0.15) is 18.3 Å². The maximum absolute atomic E-state index is 13.6. The summed E-state index contributed by atoms with van der Waals surface area (Å²) in [6.07, 6.45) is -0.335. The Bertz CT molecular complexity index is 910. The van der Waals surface area contributed by atoms with Crippen LogP contribution in [0.3, 0.4) is 0 Å². The van der Waals surface area contributed by atoms with Gasteiger partial charge in [0, 0.05) is 23.5 Å². The number of nitrogens with one attached hydrogen (secondary N) is 2. The molecule has 0 radical (unpaired) electrons. The highest BCUT2D eigenvalue weighted by Gasteiger charge is 2.35. The Kier molecular flexibility index (Phi) is 6.46. The summed E-state index contributed by atoms with van der Waals surface area (Å²) in [6, 6.07) is 12.1. The number of aromatic nitrogens is 2. The summed E-state index contributed by atoms with van der Waals surface area (Å²) in [6.45, 7) is 4.78. The van der Waals surface area contributed by atoms with E-state index in [2.05, 4.69) is 29.4 Å². The number of alkyl halides is 3. The minimum absolute atomic E-state index is 0.132. The first kappa shape index (κ1) is 20.8. The van der Waals surface area contributed by atoms with E-state index in [1.54, 1.807) is 24.4 Å². The molecule has 2 atom stereocenters. The number of hydrogen-bond donors (Lipinski definition) is 2. The van der Waals surface area contributed by atoms with Gasteiger partial charge in [0.1, 0.15) is 5.75 Å². The van der Waals surface area contributed by atoms with Crippen LogP contribution in [0.1, 0.15) is 43.0 Å². The van der Waals surface area contributed by atoms with Crippen molar-refractivity contribution in [3.63, 3.8) is 0 Å². The molecule has 0 saturated carbocycles. The summed E-state index contributed by atoms with van der Waals surface area (Å²) < 4.78 is 46.6. The van der Waals surface area contributed by atoms with Crippen molar-refractivity contribution in [2.24, 2.45) is 5.92 Å². The number of H-pyrrole nitrogens is 1. The summed E-state index contributed by atoms with van der Waals surface area (Å²) >= 11 is 0. The topological polar surface area (TPSA) is 49.9 Å². The second-order valence-electron chi connectivity index (χ2n) is 7.05. The van der Waals surface area contributed by atoms with Crippen LogP contribution in [0.4, 0.5) is 18.9 Å². The molecule has 4 nitrogen and oxygen atoms in total. The quantitative estimate of drug-likeness (QED) is 0.481. The average molecular weight is 403 g/mol. The fourth-order valence-electron chi connectivity index (χ4n) is 2.96. The standard InChI is InChI=1S/C22H24F3N3O/c1-3-15(2)14-29-18-8-6-7-17(11-18)28-21(16-12-26-27-13-16)19-9-4-5-10-20(19)22(23,24)25/h4-13,15,21,28H,3,14H2,1-2H3,(H,26,27). The zero-order valence-electron chi connectivity index (χ0n) is 16.3. The number of halogens is 3. The summed E-state index contributed by atoms with van der Waals surface area (Å²) in [5.74, 6) is 1.09. The molecule has 0 aliphatic rings. The molecule has 2 unspecified atom stereocenters. The van der Waals surface area contributed by atoms with Gasteiger partial charge in [-0.1, -0.05) is 44.5 Å². The lowest BCUT2D eigenvalue weighted by Gasteiger charge is -2.23. The molecule has 0 spiro atoms. The van der Waals surface area contributed by atoms with Gasteiger partial charge in [0.25, 0.3) is 0 Å². The number of nitrogens with zero attached hydrogens (tertiary/aromatic N) is 1. The van der Waals surface area contributed by atoms with Gasteiger partial charge in [0.05, 0.1) is 24.4 Å². The zero-order chi connectivity index (χ0) is 20.9. The fourth-order valence-corrected chi connectivity index (χ4v) is 2.96. The van der Waals surface area contributed by atoms with Crippen molar-refractivity contribution in [1.82, 2.24) is 10.2 Å². The van der Waals surface area contributed by atoms with Crippen LogP contribution < -0.4 is 10.1 Å². The first-order valence-electron chi connectivity index (χ1n) is 9.52. The predicted molar refractivity (Wildman–Crippen MR) is 107 cm³/mol. The van der Waals surface area contributed by atoms with Crippen molar-refractivity contribution in [3.05, 3.63) is 77.6 Å². The average Bonchev–Trinajstić information content (AvgIpc) is 3.24. The highest BCUT2D eigenvalue weighted by atomic mass is 19.4. The van der Waals surface area contributed by atoms with Gasteiger partial charge < -0.3 is 10.1 Å². The number of benzene rings is 2. The van der Waals surface area contributed by atoms with Crippen molar-refractivity contribution >= 4 is 5.69 Å². The van der Waals surface area contributed by atoms with E-state index in [4.69, 9.17) is 4.74 Å². The van der Waals surface area contributed by atoms with Gasteiger partial charge in [-0.15, -0.1) is 0 Å². The molecular formula is C22H24F3N3O. The van der Waals surface area contributed by atoms with Gasteiger partial charge in [-0.05, 0) is 29.7 Å². The highest BCUT2D eigenvalue weighted by molar-refractivity contribution is 5.53. The Labute approximate surface area is 168 Å². The number of rotatable bonds is 8. The van der Waals surface area contributed by atoms with E-state index in [0.29, 0.717) is 29.5 Å². The monoisotopic (exact) mass is 403 g/mol. The van der Waals surface area contributed by atoms with Crippen LogP contribution in [-0.4, -0.2) is 16.8 Å². The first-order chi connectivity index (χ1) is 13.9. The molecule has 0 saturated heterocycles. The number of anilines is 1. The Morgan fingerprint density at radius 2 is 1.93 bits per heavy atom. The largest absolute Gasteiger partial charge is 0.493 e. The third-order valence-corrected chi connectivity index (χ3v) is 4.81. The zero-order valence-corrected chi connectivity index (χ0v) is 16.3. The third kappa shape index (κ3) is 5.31. The molecule has 2 N–H and O–H groups in total. The first-order valence-corrected chi connectivity index (χ1v) is 9.52. The molecule has 29 heavy (non-hydrogen) atoms. The van der Waals surface area contributed by atoms with Crippen LogP contribution in [0.5, 0.6) is 5.75 Å². The third-order valence-electron chi connectivity index (χ3n) is 4.81. The van der Waals surface area contributed by atoms with Gasteiger partial charge in [0.15, 0.2) is 0 Å². The molecular weight excluding hydrogens is 379 g/mol. The predicted octanol–water partition coefficient (Wildman–Crippen LogP) is 6.05. The van der Waals surface area contributed by atoms with E-state index in [1.165, 1.54) is 18.3 Å². The van der Waals surface area contributed by atoms with E-state index < -0.39 is 17.8 Å². The molecule has 1 heterocycles. The van der Waals surface area contributed by atoms with E-state index in [0.717, 1.165) is 12.5 Å². The van der Waals surface area contributed by atoms with Gasteiger partial charge in [-0.25, -0.2) is 0 Å². The lowest BCUT2D eigenvalue weighted by Crippen LogP contribution is -2.18. The smallest absolute Gasteiger partial charge is 0.416 e. The maximum atomic E-state index is 13.6.